The molecule has 180 valence electrons. The number of aromatic nitrogens is 1. The van der Waals surface area contributed by atoms with Crippen molar-refractivity contribution in [1.82, 2.24) is 9.88 Å². The highest BCUT2D eigenvalue weighted by molar-refractivity contribution is 6.32. The highest BCUT2D eigenvalue weighted by Crippen LogP contribution is 2.33. The number of hydrogen-bond donors (Lipinski definition) is 2. The number of hydrogen-bond acceptors (Lipinski definition) is 6. The van der Waals surface area contributed by atoms with Crippen LogP contribution in [0.4, 0.5) is 11.5 Å². The summed E-state index contributed by atoms with van der Waals surface area (Å²) in [5, 5.41) is 6.17. The molecule has 2 heterocycles. The van der Waals surface area contributed by atoms with Gasteiger partial charge in [0.1, 0.15) is 17.4 Å². The third kappa shape index (κ3) is 5.55. The standard InChI is InChI=1S/C25H23Cl2N5O3/c1-14-13-32(2)23(29-14)15-4-6-16(7-5-15)24(33)31-22-19(10-18(27)11-20(22)35-3)25(34)30-21-9-8-17(26)12-28-21/h4-12,14H,13H2,1-3H3,(H,31,33)(H,28,30,34). The van der Waals surface area contributed by atoms with Gasteiger partial charge in [-0.1, -0.05) is 35.3 Å². The first-order valence-corrected chi connectivity index (χ1v) is 11.5. The summed E-state index contributed by atoms with van der Waals surface area (Å²) in [6.07, 6.45) is 1.41. The fourth-order valence-corrected chi connectivity index (χ4v) is 4.09. The lowest BCUT2D eigenvalue weighted by atomic mass is 10.1. The molecule has 3 aromatic rings. The van der Waals surface area contributed by atoms with E-state index < -0.39 is 11.8 Å². The first-order chi connectivity index (χ1) is 16.7. The van der Waals surface area contributed by atoms with Crippen LogP contribution in [0, 0.1) is 0 Å². The highest BCUT2D eigenvalue weighted by atomic mass is 35.5. The monoisotopic (exact) mass is 511 g/mol. The number of ether oxygens (including phenoxy) is 1. The average molecular weight is 512 g/mol. The molecule has 4 rings (SSSR count). The molecule has 2 N–H and O–H groups in total. The number of nitrogens with zero attached hydrogens (tertiary/aromatic N) is 3. The van der Waals surface area contributed by atoms with Gasteiger partial charge in [0.15, 0.2) is 0 Å². The van der Waals surface area contributed by atoms with E-state index in [9.17, 15) is 9.59 Å². The Morgan fingerprint density at radius 3 is 2.37 bits per heavy atom. The number of amidine groups is 1. The number of aliphatic imine (C=N–C) groups is 1. The number of anilines is 2. The van der Waals surface area contributed by atoms with Gasteiger partial charge < -0.3 is 20.3 Å². The van der Waals surface area contributed by atoms with E-state index in [-0.39, 0.29) is 28.1 Å². The average Bonchev–Trinajstić information content (AvgIpc) is 3.18. The van der Waals surface area contributed by atoms with Crippen LogP contribution in [0.25, 0.3) is 0 Å². The zero-order chi connectivity index (χ0) is 25.1. The molecule has 1 atom stereocenters. The predicted molar refractivity (Wildman–Crippen MR) is 138 cm³/mol. The van der Waals surface area contributed by atoms with Crippen LogP contribution in [0.1, 0.15) is 33.2 Å². The van der Waals surface area contributed by atoms with Crippen molar-refractivity contribution in [1.29, 1.82) is 0 Å². The molecule has 0 radical (unpaired) electrons. The normalized spacial score (nSPS) is 14.9. The molecule has 1 aliphatic rings. The Bertz CT molecular complexity index is 1290. The minimum absolute atomic E-state index is 0.118. The second-order valence-corrected chi connectivity index (χ2v) is 8.93. The number of rotatable bonds is 6. The first-order valence-electron chi connectivity index (χ1n) is 10.8. The molecule has 1 aliphatic heterocycles. The van der Waals surface area contributed by atoms with Gasteiger partial charge in [-0.3, -0.25) is 14.6 Å². The Morgan fingerprint density at radius 1 is 1.03 bits per heavy atom. The van der Waals surface area contributed by atoms with Crippen molar-refractivity contribution in [2.45, 2.75) is 13.0 Å². The maximum atomic E-state index is 13.1. The van der Waals surface area contributed by atoms with Crippen molar-refractivity contribution >= 4 is 52.4 Å². The topological polar surface area (TPSA) is 95.9 Å². The minimum atomic E-state index is -0.525. The Labute approximate surface area is 212 Å². The summed E-state index contributed by atoms with van der Waals surface area (Å²) in [7, 11) is 3.42. The van der Waals surface area contributed by atoms with Crippen molar-refractivity contribution in [2.24, 2.45) is 4.99 Å². The number of carbonyl (C=O) groups excluding carboxylic acids is 2. The summed E-state index contributed by atoms with van der Waals surface area (Å²) >= 11 is 12.1. The SMILES string of the molecule is COc1cc(Cl)cc(C(=O)Nc2ccc(Cl)cn2)c1NC(=O)c1ccc(C2=NC(C)CN2C)cc1. The third-order valence-electron chi connectivity index (χ3n) is 5.39. The molecule has 2 aromatic carbocycles. The van der Waals surface area contributed by atoms with Gasteiger partial charge in [-0.25, -0.2) is 4.98 Å². The minimum Gasteiger partial charge on any atom is -0.494 e. The number of carbonyl (C=O) groups is 2. The lowest BCUT2D eigenvalue weighted by Crippen LogP contribution is -2.24. The lowest BCUT2D eigenvalue weighted by molar-refractivity contribution is 0.102. The summed E-state index contributed by atoms with van der Waals surface area (Å²) in [6, 6.07) is 13.5. The number of amides is 2. The van der Waals surface area contributed by atoms with Gasteiger partial charge in [0, 0.05) is 42.0 Å². The molecular formula is C25H23Cl2N5O3. The molecule has 0 aliphatic carbocycles. The Hall–Kier alpha value is -3.62. The smallest absolute Gasteiger partial charge is 0.259 e. The molecule has 1 aromatic heterocycles. The second-order valence-electron chi connectivity index (χ2n) is 8.06. The number of methoxy groups -OCH3 is 1. The highest BCUT2D eigenvalue weighted by Gasteiger charge is 2.22. The molecule has 1 unspecified atom stereocenters. The Balaban J connectivity index is 1.59. The summed E-state index contributed by atoms with van der Waals surface area (Å²) in [5.74, 6) is 0.486. The molecular weight excluding hydrogens is 489 g/mol. The molecule has 8 nitrogen and oxygen atoms in total. The van der Waals surface area contributed by atoms with E-state index in [0.29, 0.717) is 16.4 Å². The largest absolute Gasteiger partial charge is 0.494 e. The van der Waals surface area contributed by atoms with Crippen molar-refractivity contribution in [3.8, 4) is 5.75 Å². The molecule has 2 amide bonds. The van der Waals surface area contributed by atoms with Gasteiger partial charge in [0.2, 0.25) is 0 Å². The quantitative estimate of drug-likeness (QED) is 0.486. The van der Waals surface area contributed by atoms with E-state index in [1.165, 1.54) is 25.4 Å². The predicted octanol–water partition coefficient (Wildman–Crippen LogP) is 4.98. The number of nitrogens with one attached hydrogen (secondary N) is 2. The number of benzene rings is 2. The summed E-state index contributed by atoms with van der Waals surface area (Å²) in [6.45, 7) is 2.91. The van der Waals surface area contributed by atoms with E-state index >= 15 is 0 Å². The van der Waals surface area contributed by atoms with Crippen LogP contribution < -0.4 is 15.4 Å². The van der Waals surface area contributed by atoms with Gasteiger partial charge in [0.05, 0.1) is 29.4 Å². The van der Waals surface area contributed by atoms with E-state index in [1.807, 2.05) is 19.2 Å². The van der Waals surface area contributed by atoms with Crippen LogP contribution in [0.15, 0.2) is 59.7 Å². The van der Waals surface area contributed by atoms with Gasteiger partial charge in [-0.05, 0) is 37.3 Å². The van der Waals surface area contributed by atoms with Crippen LogP contribution in [-0.2, 0) is 0 Å². The van der Waals surface area contributed by atoms with Crippen molar-refractivity contribution in [2.75, 3.05) is 31.3 Å². The summed E-state index contributed by atoms with van der Waals surface area (Å²) < 4.78 is 5.39. The van der Waals surface area contributed by atoms with Crippen LogP contribution in [-0.4, -0.2) is 54.3 Å². The van der Waals surface area contributed by atoms with Crippen LogP contribution >= 0.6 is 23.2 Å². The molecule has 10 heteroatoms. The number of likely N-dealkylation sites (N-methyl/N-ethyl adjacent to an activating group) is 1. The molecule has 35 heavy (non-hydrogen) atoms. The summed E-state index contributed by atoms with van der Waals surface area (Å²) in [5.41, 5.74) is 1.64. The maximum absolute atomic E-state index is 13.1. The first kappa shape index (κ1) is 24.5. The fraction of sp³-hybridized carbons (Fsp3) is 0.200. The molecule has 0 spiro atoms. The third-order valence-corrected chi connectivity index (χ3v) is 5.83. The number of pyridine rings is 1. The van der Waals surface area contributed by atoms with Crippen LogP contribution in [0.3, 0.4) is 0 Å². The fourth-order valence-electron chi connectivity index (χ4n) is 3.77. The van der Waals surface area contributed by atoms with Crippen LogP contribution in [0.2, 0.25) is 10.0 Å². The Morgan fingerprint density at radius 2 is 1.77 bits per heavy atom. The molecule has 0 saturated heterocycles. The van der Waals surface area contributed by atoms with Crippen LogP contribution in [0.5, 0.6) is 5.75 Å². The second kappa shape index (κ2) is 10.3. The molecule has 0 bridgehead atoms. The Kier molecular flexibility index (Phi) is 7.23. The van der Waals surface area contributed by atoms with E-state index in [0.717, 1.165) is 17.9 Å². The van der Waals surface area contributed by atoms with Crippen molar-refractivity contribution in [3.05, 3.63) is 81.5 Å². The van der Waals surface area contributed by atoms with Gasteiger partial charge in [-0.15, -0.1) is 0 Å². The van der Waals surface area contributed by atoms with Crippen molar-refractivity contribution in [3.63, 3.8) is 0 Å². The number of halogens is 2. The molecule has 0 saturated carbocycles. The van der Waals surface area contributed by atoms with Gasteiger partial charge in [-0.2, -0.15) is 0 Å². The van der Waals surface area contributed by atoms with E-state index in [4.69, 9.17) is 27.9 Å². The summed E-state index contributed by atoms with van der Waals surface area (Å²) in [4.78, 5) is 36.9. The lowest BCUT2D eigenvalue weighted by Gasteiger charge is -2.16. The maximum Gasteiger partial charge on any atom is 0.259 e. The zero-order valence-electron chi connectivity index (χ0n) is 19.3. The molecule has 0 fully saturated rings. The van der Waals surface area contributed by atoms with Gasteiger partial charge in [0.25, 0.3) is 11.8 Å². The van der Waals surface area contributed by atoms with Gasteiger partial charge >= 0.3 is 0 Å². The van der Waals surface area contributed by atoms with E-state index in [1.54, 1.807) is 24.3 Å². The van der Waals surface area contributed by atoms with E-state index in [2.05, 4.69) is 32.4 Å². The van der Waals surface area contributed by atoms with Crippen molar-refractivity contribution < 1.29 is 14.3 Å². The zero-order valence-corrected chi connectivity index (χ0v) is 20.8.